The number of carboxylic acid groups (broad SMARTS) is 2. The zero-order chi connectivity index (χ0) is 31.1. The van der Waals surface area contributed by atoms with E-state index in [-0.39, 0.29) is 12.2 Å². The number of carbonyl (C=O) groups is 4. The molecule has 0 aliphatic rings. The third-order valence-electron chi connectivity index (χ3n) is 5.00. The van der Waals surface area contributed by atoms with Gasteiger partial charge in [-0.05, 0) is 24.3 Å². The van der Waals surface area contributed by atoms with Crippen molar-refractivity contribution in [3.8, 4) is 0 Å². The fraction of sp³-hybridized carbons (Fsp3) is 0.333. The van der Waals surface area contributed by atoms with Gasteiger partial charge in [-0.25, -0.2) is 19.2 Å². The molecule has 0 aliphatic heterocycles. The molecule has 232 valence electrons. The molecule has 2 aromatic rings. The van der Waals surface area contributed by atoms with Crippen molar-refractivity contribution in [1.82, 2.24) is 0 Å². The molecule has 0 bridgehead atoms. The summed E-state index contributed by atoms with van der Waals surface area (Å²) in [4.78, 5) is 47.6. The van der Waals surface area contributed by atoms with Gasteiger partial charge in [-0.15, -0.1) is 23.5 Å². The molecular weight excluding hydrogens is 649 g/mol. The van der Waals surface area contributed by atoms with E-state index in [2.05, 4.69) is 0 Å². The third kappa shape index (κ3) is 19.4. The first-order chi connectivity index (χ1) is 20.8. The Morgan fingerprint density at radius 3 is 1.30 bits per heavy atom. The number of ether oxygens (including phenoxy) is 2. The van der Waals surface area contributed by atoms with E-state index < -0.39 is 23.9 Å². The van der Waals surface area contributed by atoms with Gasteiger partial charge in [0.1, 0.15) is 12.2 Å². The minimum absolute atomic E-state index is 0.361. The van der Waals surface area contributed by atoms with Gasteiger partial charge in [-0.2, -0.15) is 35.3 Å². The molecular formula is C30H34O8S5. The van der Waals surface area contributed by atoms with E-state index in [9.17, 15) is 19.2 Å². The first-order valence-electron chi connectivity index (χ1n) is 13.1. The number of rotatable bonds is 22. The van der Waals surface area contributed by atoms with Crippen molar-refractivity contribution < 1.29 is 38.9 Å². The lowest BCUT2D eigenvalue weighted by molar-refractivity contribution is -0.142. The van der Waals surface area contributed by atoms with Crippen molar-refractivity contribution in [3.63, 3.8) is 0 Å². The molecule has 0 fully saturated rings. The summed E-state index contributed by atoms with van der Waals surface area (Å²) in [7, 11) is 0. The Labute approximate surface area is 273 Å². The molecule has 0 spiro atoms. The molecule has 0 heterocycles. The number of thioether (sulfide) groups is 5. The lowest BCUT2D eigenvalue weighted by Gasteiger charge is -2.17. The van der Waals surface area contributed by atoms with Gasteiger partial charge in [0, 0.05) is 80.1 Å². The molecule has 2 N–H and O–H groups in total. The number of carbonyl (C=O) groups excluding carboxylic acids is 2. The van der Waals surface area contributed by atoms with Crippen molar-refractivity contribution >= 4 is 82.7 Å². The predicted octanol–water partition coefficient (Wildman–Crippen LogP) is 5.88. The Balaban J connectivity index is 1.69. The van der Waals surface area contributed by atoms with Crippen LogP contribution < -0.4 is 0 Å². The van der Waals surface area contributed by atoms with Crippen LogP contribution in [-0.2, 0) is 28.7 Å². The second-order valence-electron chi connectivity index (χ2n) is 8.47. The molecule has 8 nitrogen and oxygen atoms in total. The number of esters is 2. The maximum Gasteiger partial charge on any atom is 0.331 e. The van der Waals surface area contributed by atoms with Gasteiger partial charge in [0.15, 0.2) is 0 Å². The highest BCUT2D eigenvalue weighted by molar-refractivity contribution is 8.04. The maximum absolute atomic E-state index is 12.0. The van der Waals surface area contributed by atoms with Gasteiger partial charge in [0.25, 0.3) is 0 Å². The van der Waals surface area contributed by atoms with Crippen LogP contribution in [0.15, 0.2) is 94.8 Å². The van der Waals surface area contributed by atoms with E-state index in [1.54, 1.807) is 47.0 Å². The summed E-state index contributed by atoms with van der Waals surface area (Å²) in [5.41, 5.74) is 0. The fourth-order valence-electron chi connectivity index (χ4n) is 3.10. The van der Waals surface area contributed by atoms with E-state index in [0.717, 1.165) is 57.1 Å². The topological polar surface area (TPSA) is 127 Å². The van der Waals surface area contributed by atoms with Crippen molar-refractivity contribution in [2.24, 2.45) is 0 Å². The van der Waals surface area contributed by atoms with Gasteiger partial charge >= 0.3 is 23.9 Å². The maximum atomic E-state index is 12.0. The largest absolute Gasteiger partial charge is 0.478 e. The van der Waals surface area contributed by atoms with Crippen LogP contribution in [0.2, 0.25) is 0 Å². The molecule has 13 heteroatoms. The fourth-order valence-corrected chi connectivity index (χ4v) is 8.54. The van der Waals surface area contributed by atoms with Crippen LogP contribution in [0.1, 0.15) is 0 Å². The van der Waals surface area contributed by atoms with Gasteiger partial charge in [0.2, 0.25) is 0 Å². The Kier molecular flexibility index (Phi) is 19.7. The van der Waals surface area contributed by atoms with Crippen LogP contribution in [0.4, 0.5) is 0 Å². The molecule has 2 atom stereocenters. The molecule has 0 saturated carbocycles. The van der Waals surface area contributed by atoms with Crippen LogP contribution in [0, 0.1) is 0 Å². The molecule has 43 heavy (non-hydrogen) atoms. The highest BCUT2D eigenvalue weighted by Gasteiger charge is 2.16. The minimum atomic E-state index is -1.20. The van der Waals surface area contributed by atoms with Crippen LogP contribution >= 0.6 is 58.8 Å². The molecule has 0 amide bonds. The highest BCUT2D eigenvalue weighted by Crippen LogP contribution is 2.23. The molecule has 0 aromatic heterocycles. The van der Waals surface area contributed by atoms with Crippen molar-refractivity contribution in [1.29, 1.82) is 0 Å². The van der Waals surface area contributed by atoms with Gasteiger partial charge in [0.05, 0.1) is 0 Å². The number of carboxylic acids is 2. The molecule has 2 rings (SSSR count). The van der Waals surface area contributed by atoms with E-state index in [0.29, 0.717) is 23.0 Å². The Morgan fingerprint density at radius 1 is 0.558 bits per heavy atom. The van der Waals surface area contributed by atoms with E-state index in [1.807, 2.05) is 72.4 Å². The quantitative estimate of drug-likeness (QED) is 0.0665. The van der Waals surface area contributed by atoms with Crippen LogP contribution in [-0.4, -0.2) is 92.3 Å². The standard InChI is InChI=1S/C30H34O8S5/c31-27(32)11-13-29(35)37-23(21-42-25-7-3-1-4-8-25)19-40-17-15-39-16-18-41-20-24(38-30(36)14-12-28(33)34)22-43-26-9-5-2-6-10-26/h1-14,23-24H,15-22H2,(H,31,32)(H,33,34)/b13-11+,14-12+. The summed E-state index contributed by atoms with van der Waals surface area (Å²) in [6.45, 7) is 0. The number of hydrogen-bond acceptors (Lipinski definition) is 11. The Morgan fingerprint density at radius 2 is 0.930 bits per heavy atom. The minimum Gasteiger partial charge on any atom is -0.478 e. The molecule has 0 aliphatic carbocycles. The zero-order valence-electron chi connectivity index (χ0n) is 23.3. The zero-order valence-corrected chi connectivity index (χ0v) is 27.4. The smallest absolute Gasteiger partial charge is 0.331 e. The molecule has 2 unspecified atom stereocenters. The summed E-state index contributed by atoms with van der Waals surface area (Å²) in [5, 5.41) is 17.5. The van der Waals surface area contributed by atoms with E-state index in [4.69, 9.17) is 19.7 Å². The first-order valence-corrected chi connectivity index (χ1v) is 18.6. The lowest BCUT2D eigenvalue weighted by Crippen LogP contribution is -2.23. The second kappa shape index (κ2) is 23.0. The summed E-state index contributed by atoms with van der Waals surface area (Å²) in [6.07, 6.45) is 2.69. The van der Waals surface area contributed by atoms with Gasteiger partial charge in [-0.3, -0.25) is 0 Å². The normalized spacial score (nSPS) is 12.7. The summed E-state index contributed by atoms with van der Waals surface area (Å²) in [6, 6.07) is 19.6. The van der Waals surface area contributed by atoms with Gasteiger partial charge in [-0.1, -0.05) is 36.4 Å². The van der Waals surface area contributed by atoms with E-state index >= 15 is 0 Å². The highest BCUT2D eigenvalue weighted by atomic mass is 32.2. The first kappa shape index (κ1) is 36.7. The number of benzene rings is 2. The summed E-state index contributed by atoms with van der Waals surface area (Å²) < 4.78 is 11.0. The van der Waals surface area contributed by atoms with Crippen molar-refractivity contribution in [2.75, 3.05) is 46.0 Å². The third-order valence-corrected chi connectivity index (χ3v) is 11.0. The lowest BCUT2D eigenvalue weighted by atomic mass is 10.4. The monoisotopic (exact) mass is 682 g/mol. The number of aliphatic carboxylic acids is 2. The summed E-state index contributed by atoms with van der Waals surface area (Å²) in [5.74, 6) is 2.16. The Bertz CT molecular complexity index is 1090. The Hall–Kier alpha value is -2.45. The van der Waals surface area contributed by atoms with Crippen LogP contribution in [0.25, 0.3) is 0 Å². The average Bonchev–Trinajstić information content (AvgIpc) is 3.00. The average molecular weight is 683 g/mol. The van der Waals surface area contributed by atoms with Crippen LogP contribution in [0.5, 0.6) is 0 Å². The number of hydrogen-bond donors (Lipinski definition) is 2. The molecule has 2 aromatic carbocycles. The second-order valence-corrected chi connectivity index (χ2v) is 14.2. The molecule has 0 radical (unpaired) electrons. The van der Waals surface area contributed by atoms with Crippen molar-refractivity contribution in [3.05, 3.63) is 85.0 Å². The van der Waals surface area contributed by atoms with Gasteiger partial charge < -0.3 is 19.7 Å². The predicted molar refractivity (Wildman–Crippen MR) is 180 cm³/mol. The molecule has 0 saturated heterocycles. The van der Waals surface area contributed by atoms with Crippen molar-refractivity contribution in [2.45, 2.75) is 22.0 Å². The summed E-state index contributed by atoms with van der Waals surface area (Å²) >= 11 is 8.34. The van der Waals surface area contributed by atoms with E-state index in [1.165, 1.54) is 0 Å². The SMILES string of the molecule is O=C(O)/C=C/C(=O)OC(CSCCSCCSCC(CSc1ccccc1)OC(=O)/C=C/C(=O)O)CSc1ccccc1. The van der Waals surface area contributed by atoms with Crippen LogP contribution in [0.3, 0.4) is 0 Å².